The van der Waals surface area contributed by atoms with Gasteiger partial charge in [0.2, 0.25) is 5.91 Å². The summed E-state index contributed by atoms with van der Waals surface area (Å²) in [5.41, 5.74) is 2.81. The van der Waals surface area contributed by atoms with E-state index in [-0.39, 0.29) is 17.7 Å². The topological polar surface area (TPSA) is 58.2 Å². The van der Waals surface area contributed by atoms with E-state index < -0.39 is 0 Å². The van der Waals surface area contributed by atoms with Gasteiger partial charge in [-0.3, -0.25) is 9.59 Å². The average Bonchev–Trinajstić information content (AvgIpc) is 3.35. The first kappa shape index (κ1) is 15.6. The number of aryl methyl sites for hydroxylation is 1. The van der Waals surface area contributed by atoms with Crippen molar-refractivity contribution in [2.24, 2.45) is 5.92 Å². The monoisotopic (exact) mass is 328 g/mol. The Morgan fingerprint density at radius 1 is 1.04 bits per heavy atom. The average molecular weight is 329 g/mol. The van der Waals surface area contributed by atoms with Gasteiger partial charge in [-0.15, -0.1) is 0 Å². The summed E-state index contributed by atoms with van der Waals surface area (Å²) in [5.74, 6) is -0.0360. The molecule has 0 aliphatic heterocycles. The molecule has 4 nitrogen and oxygen atoms in total. The van der Waals surface area contributed by atoms with E-state index in [0.717, 1.165) is 18.4 Å². The second-order valence-electron chi connectivity index (χ2n) is 5.78. The molecule has 2 N–H and O–H groups in total. The molecule has 0 heterocycles. The second-order valence-corrected chi connectivity index (χ2v) is 6.19. The van der Waals surface area contributed by atoms with E-state index in [1.165, 1.54) is 0 Å². The Bertz CT molecular complexity index is 752. The lowest BCUT2D eigenvalue weighted by Gasteiger charge is -2.09. The predicted molar refractivity (Wildman–Crippen MR) is 91.9 cm³/mol. The number of rotatable bonds is 4. The number of anilines is 2. The van der Waals surface area contributed by atoms with Gasteiger partial charge in [0.05, 0.1) is 10.7 Å². The van der Waals surface area contributed by atoms with E-state index in [4.69, 9.17) is 11.6 Å². The normalized spacial score (nSPS) is 13.5. The van der Waals surface area contributed by atoms with Crippen molar-refractivity contribution >= 4 is 34.8 Å². The fraction of sp³-hybridized carbons (Fsp3) is 0.222. The van der Waals surface area contributed by atoms with E-state index >= 15 is 0 Å². The van der Waals surface area contributed by atoms with E-state index in [2.05, 4.69) is 10.6 Å². The third kappa shape index (κ3) is 3.90. The Morgan fingerprint density at radius 3 is 2.35 bits per heavy atom. The van der Waals surface area contributed by atoms with Crippen molar-refractivity contribution < 1.29 is 9.59 Å². The zero-order valence-corrected chi connectivity index (χ0v) is 13.5. The van der Waals surface area contributed by atoms with Crippen LogP contribution in [0.3, 0.4) is 0 Å². The maximum atomic E-state index is 12.2. The predicted octanol–water partition coefficient (Wildman–Crippen LogP) is 4.25. The lowest BCUT2D eigenvalue weighted by atomic mass is 10.1. The van der Waals surface area contributed by atoms with Crippen LogP contribution in [0.5, 0.6) is 0 Å². The number of halogens is 1. The molecule has 0 unspecified atom stereocenters. The van der Waals surface area contributed by atoms with E-state index in [1.54, 1.807) is 36.4 Å². The second kappa shape index (κ2) is 6.42. The fourth-order valence-corrected chi connectivity index (χ4v) is 2.49. The molecule has 3 rings (SSSR count). The van der Waals surface area contributed by atoms with Crippen molar-refractivity contribution in [2.75, 3.05) is 10.6 Å². The number of nitrogens with one attached hydrogen (secondary N) is 2. The Hall–Kier alpha value is -2.33. The zero-order chi connectivity index (χ0) is 16.4. The molecule has 0 spiro atoms. The van der Waals surface area contributed by atoms with Crippen molar-refractivity contribution in [1.29, 1.82) is 0 Å². The summed E-state index contributed by atoms with van der Waals surface area (Å²) in [7, 11) is 0. The van der Waals surface area contributed by atoms with Crippen LogP contribution in [-0.4, -0.2) is 11.8 Å². The first-order valence-corrected chi connectivity index (χ1v) is 7.89. The van der Waals surface area contributed by atoms with Crippen molar-refractivity contribution in [3.8, 4) is 0 Å². The molecule has 2 amide bonds. The minimum Gasteiger partial charge on any atom is -0.326 e. The molecule has 0 aromatic heterocycles. The Kier molecular flexibility index (Phi) is 4.35. The lowest BCUT2D eigenvalue weighted by molar-refractivity contribution is -0.117. The van der Waals surface area contributed by atoms with Crippen LogP contribution in [-0.2, 0) is 4.79 Å². The van der Waals surface area contributed by atoms with Crippen LogP contribution in [0.4, 0.5) is 11.4 Å². The van der Waals surface area contributed by atoms with Crippen LogP contribution >= 0.6 is 11.6 Å². The number of carbonyl (C=O) groups excluding carboxylic acids is 2. The van der Waals surface area contributed by atoms with Crippen LogP contribution in [0.2, 0.25) is 5.02 Å². The van der Waals surface area contributed by atoms with Crippen LogP contribution in [0, 0.1) is 12.8 Å². The molecule has 118 valence electrons. The number of benzene rings is 2. The van der Waals surface area contributed by atoms with Crippen LogP contribution < -0.4 is 10.6 Å². The first-order chi connectivity index (χ1) is 11.0. The van der Waals surface area contributed by atoms with E-state index in [1.807, 2.05) is 13.0 Å². The summed E-state index contributed by atoms with van der Waals surface area (Å²) in [4.78, 5) is 23.9. The molecule has 0 saturated heterocycles. The molecule has 1 saturated carbocycles. The van der Waals surface area contributed by atoms with Gasteiger partial charge < -0.3 is 10.6 Å². The maximum absolute atomic E-state index is 12.2. The van der Waals surface area contributed by atoms with E-state index in [9.17, 15) is 9.59 Å². The third-order valence-corrected chi connectivity index (χ3v) is 4.05. The highest BCUT2D eigenvalue weighted by Gasteiger charge is 2.29. The summed E-state index contributed by atoms with van der Waals surface area (Å²) in [6.07, 6.45) is 1.92. The van der Waals surface area contributed by atoms with Crippen molar-refractivity contribution in [2.45, 2.75) is 19.8 Å². The smallest absolute Gasteiger partial charge is 0.255 e. The fourth-order valence-electron chi connectivity index (χ4n) is 2.21. The van der Waals surface area contributed by atoms with Crippen molar-refractivity contribution in [1.82, 2.24) is 0 Å². The summed E-state index contributed by atoms with van der Waals surface area (Å²) in [5, 5.41) is 6.13. The summed E-state index contributed by atoms with van der Waals surface area (Å²) >= 11 is 6.12. The molecule has 1 fully saturated rings. The Balaban J connectivity index is 1.66. The molecule has 0 atom stereocenters. The lowest BCUT2D eigenvalue weighted by Crippen LogP contribution is -2.14. The van der Waals surface area contributed by atoms with Crippen LogP contribution in [0.25, 0.3) is 0 Å². The summed E-state index contributed by atoms with van der Waals surface area (Å²) in [6, 6.07) is 12.3. The number of hydrogen-bond donors (Lipinski definition) is 2. The number of hydrogen-bond acceptors (Lipinski definition) is 2. The zero-order valence-electron chi connectivity index (χ0n) is 12.7. The quantitative estimate of drug-likeness (QED) is 0.881. The SMILES string of the molecule is Cc1ccc(NC(=O)c2ccc(NC(=O)C3CC3)cc2)c(Cl)c1. The van der Waals surface area contributed by atoms with Gasteiger partial charge in [-0.1, -0.05) is 17.7 Å². The van der Waals surface area contributed by atoms with Crippen molar-refractivity contribution in [3.63, 3.8) is 0 Å². The van der Waals surface area contributed by atoms with Gasteiger partial charge in [0.1, 0.15) is 0 Å². The molecule has 2 aromatic rings. The van der Waals surface area contributed by atoms with Gasteiger partial charge in [-0.25, -0.2) is 0 Å². The highest BCUT2D eigenvalue weighted by Crippen LogP contribution is 2.30. The minimum absolute atomic E-state index is 0.0497. The van der Waals surface area contributed by atoms with Gasteiger partial charge in [-0.2, -0.15) is 0 Å². The molecular formula is C18H17ClN2O2. The maximum Gasteiger partial charge on any atom is 0.255 e. The van der Waals surface area contributed by atoms with E-state index in [0.29, 0.717) is 22.0 Å². The molecule has 0 radical (unpaired) electrons. The van der Waals surface area contributed by atoms with Gasteiger partial charge in [0.25, 0.3) is 5.91 Å². The summed E-state index contributed by atoms with van der Waals surface area (Å²) in [6.45, 7) is 1.94. The highest BCUT2D eigenvalue weighted by molar-refractivity contribution is 6.34. The standard InChI is InChI=1S/C18H17ClN2O2/c1-11-2-9-16(15(19)10-11)21-18(23)13-5-7-14(8-6-13)20-17(22)12-3-4-12/h2,5-10,12H,3-4H2,1H3,(H,20,22)(H,21,23). The van der Waals surface area contributed by atoms with Gasteiger partial charge in [0.15, 0.2) is 0 Å². The third-order valence-electron chi connectivity index (χ3n) is 3.74. The largest absolute Gasteiger partial charge is 0.326 e. The molecule has 1 aliphatic rings. The molecule has 1 aliphatic carbocycles. The molecular weight excluding hydrogens is 312 g/mol. The minimum atomic E-state index is -0.240. The molecule has 0 bridgehead atoms. The van der Waals surface area contributed by atoms with Gasteiger partial charge in [-0.05, 0) is 61.7 Å². The van der Waals surface area contributed by atoms with Crippen LogP contribution in [0.1, 0.15) is 28.8 Å². The summed E-state index contributed by atoms with van der Waals surface area (Å²) < 4.78 is 0. The number of amides is 2. The Labute approximate surface area is 139 Å². The molecule has 5 heteroatoms. The first-order valence-electron chi connectivity index (χ1n) is 7.51. The van der Waals surface area contributed by atoms with Gasteiger partial charge >= 0.3 is 0 Å². The Morgan fingerprint density at radius 2 is 1.74 bits per heavy atom. The molecule has 23 heavy (non-hydrogen) atoms. The van der Waals surface area contributed by atoms with Crippen LogP contribution in [0.15, 0.2) is 42.5 Å². The number of carbonyl (C=O) groups is 2. The molecule has 2 aromatic carbocycles. The van der Waals surface area contributed by atoms with Gasteiger partial charge in [0, 0.05) is 17.2 Å². The van der Waals surface area contributed by atoms with Crippen molar-refractivity contribution in [3.05, 3.63) is 58.6 Å². The highest BCUT2D eigenvalue weighted by atomic mass is 35.5.